The topological polar surface area (TPSA) is 37.3 Å². The SMILES string of the molecule is CC1CCc2ccc(Br)cc2C(C)(C(=O)O)CC1. The molecular weight excluding hydrogens is 292 g/mol. The van der Waals surface area contributed by atoms with Crippen molar-refractivity contribution in [2.45, 2.75) is 44.9 Å². The van der Waals surface area contributed by atoms with Crippen LogP contribution in [0.4, 0.5) is 0 Å². The van der Waals surface area contributed by atoms with Crippen LogP contribution in [-0.4, -0.2) is 11.1 Å². The van der Waals surface area contributed by atoms with Crippen molar-refractivity contribution in [1.29, 1.82) is 0 Å². The van der Waals surface area contributed by atoms with E-state index in [9.17, 15) is 9.90 Å². The minimum absolute atomic E-state index is 0.598. The van der Waals surface area contributed by atoms with Gasteiger partial charge in [0.25, 0.3) is 0 Å². The third-order valence-corrected chi connectivity index (χ3v) is 4.68. The number of hydrogen-bond donors (Lipinski definition) is 1. The average molecular weight is 311 g/mol. The average Bonchev–Trinajstić information content (AvgIpc) is 2.32. The fourth-order valence-electron chi connectivity index (χ4n) is 2.72. The lowest BCUT2D eigenvalue weighted by Gasteiger charge is -2.32. The predicted octanol–water partition coefficient (Wildman–Crippen LogP) is 4.15. The first-order valence-corrected chi connectivity index (χ1v) is 7.25. The third-order valence-electron chi connectivity index (χ3n) is 4.18. The summed E-state index contributed by atoms with van der Waals surface area (Å²) in [4.78, 5) is 11.7. The maximum atomic E-state index is 11.7. The van der Waals surface area contributed by atoms with Gasteiger partial charge in [-0.15, -0.1) is 0 Å². The van der Waals surface area contributed by atoms with Gasteiger partial charge in [0.05, 0.1) is 5.41 Å². The molecule has 1 aromatic rings. The highest BCUT2D eigenvalue weighted by molar-refractivity contribution is 9.10. The standard InChI is InChI=1S/C15H19BrO2/c1-10-3-4-11-5-6-12(16)9-13(11)15(2,8-7-10)14(17)18/h5-6,9-10H,3-4,7-8H2,1-2H3,(H,17,18). The molecule has 0 amide bonds. The Hall–Kier alpha value is -0.830. The van der Waals surface area contributed by atoms with E-state index in [2.05, 4.69) is 28.9 Å². The van der Waals surface area contributed by atoms with Crippen LogP contribution in [0.2, 0.25) is 0 Å². The van der Waals surface area contributed by atoms with Gasteiger partial charge in [-0.05, 0) is 61.8 Å². The molecule has 3 heteroatoms. The van der Waals surface area contributed by atoms with Crippen molar-refractivity contribution in [2.75, 3.05) is 0 Å². The molecule has 0 fully saturated rings. The summed E-state index contributed by atoms with van der Waals surface area (Å²) in [5.74, 6) is -0.114. The molecule has 2 atom stereocenters. The summed E-state index contributed by atoms with van der Waals surface area (Å²) in [5.41, 5.74) is 1.42. The molecule has 2 nitrogen and oxygen atoms in total. The molecule has 18 heavy (non-hydrogen) atoms. The van der Waals surface area contributed by atoms with Gasteiger partial charge < -0.3 is 5.11 Å². The summed E-state index contributed by atoms with van der Waals surface area (Å²) in [5, 5.41) is 9.62. The highest BCUT2D eigenvalue weighted by atomic mass is 79.9. The first-order valence-electron chi connectivity index (χ1n) is 6.46. The normalized spacial score (nSPS) is 28.1. The molecule has 2 unspecified atom stereocenters. The second kappa shape index (κ2) is 5.04. The summed E-state index contributed by atoms with van der Waals surface area (Å²) in [6.07, 6.45) is 3.82. The van der Waals surface area contributed by atoms with Gasteiger partial charge in [0.1, 0.15) is 0 Å². The van der Waals surface area contributed by atoms with Crippen molar-refractivity contribution in [3.8, 4) is 0 Å². The molecule has 1 aliphatic carbocycles. The highest BCUT2D eigenvalue weighted by Crippen LogP contribution is 2.38. The van der Waals surface area contributed by atoms with Crippen molar-refractivity contribution in [2.24, 2.45) is 5.92 Å². The number of fused-ring (bicyclic) bond motifs is 1. The third kappa shape index (κ3) is 2.46. The molecule has 1 aliphatic rings. The number of benzene rings is 1. The maximum absolute atomic E-state index is 11.7. The van der Waals surface area contributed by atoms with E-state index in [1.165, 1.54) is 5.56 Å². The lowest BCUT2D eigenvalue weighted by Crippen LogP contribution is -2.35. The number of rotatable bonds is 1. The Labute approximate surface area is 117 Å². The summed E-state index contributed by atoms with van der Waals surface area (Å²) in [6, 6.07) is 6.06. The number of carboxylic acids is 1. The van der Waals surface area contributed by atoms with Crippen LogP contribution in [0, 0.1) is 5.92 Å². The van der Waals surface area contributed by atoms with Gasteiger partial charge in [-0.2, -0.15) is 0 Å². The number of carboxylic acid groups (broad SMARTS) is 1. The van der Waals surface area contributed by atoms with E-state index in [1.807, 2.05) is 19.1 Å². The maximum Gasteiger partial charge on any atom is 0.313 e. The van der Waals surface area contributed by atoms with Crippen LogP contribution >= 0.6 is 15.9 Å². The molecule has 1 aromatic carbocycles. The van der Waals surface area contributed by atoms with Crippen molar-refractivity contribution in [1.82, 2.24) is 0 Å². The Balaban J connectivity index is 2.55. The number of aryl methyl sites for hydroxylation is 1. The molecule has 1 N–H and O–H groups in total. The van der Waals surface area contributed by atoms with Crippen LogP contribution in [0.5, 0.6) is 0 Å². The van der Waals surface area contributed by atoms with E-state index in [-0.39, 0.29) is 0 Å². The van der Waals surface area contributed by atoms with Gasteiger partial charge in [0.15, 0.2) is 0 Å². The first kappa shape index (κ1) is 13.6. The summed E-state index contributed by atoms with van der Waals surface area (Å²) >= 11 is 3.46. The van der Waals surface area contributed by atoms with E-state index >= 15 is 0 Å². The van der Waals surface area contributed by atoms with E-state index in [0.29, 0.717) is 12.3 Å². The second-order valence-corrected chi connectivity index (χ2v) is 6.54. The Morgan fingerprint density at radius 1 is 1.44 bits per heavy atom. The molecule has 0 bridgehead atoms. The Bertz CT molecular complexity index is 470. The first-order chi connectivity index (χ1) is 8.43. The fourth-order valence-corrected chi connectivity index (χ4v) is 3.08. The van der Waals surface area contributed by atoms with E-state index in [1.54, 1.807) is 0 Å². The number of hydrogen-bond acceptors (Lipinski definition) is 1. The van der Waals surface area contributed by atoms with Gasteiger partial charge >= 0.3 is 5.97 Å². The summed E-state index contributed by atoms with van der Waals surface area (Å²) < 4.78 is 0.961. The quantitative estimate of drug-likeness (QED) is 0.846. The van der Waals surface area contributed by atoms with Crippen molar-refractivity contribution < 1.29 is 9.90 Å². The van der Waals surface area contributed by atoms with Crippen LogP contribution in [0.25, 0.3) is 0 Å². The molecule has 2 rings (SSSR count). The van der Waals surface area contributed by atoms with E-state index in [0.717, 1.165) is 29.3 Å². The summed E-state index contributed by atoms with van der Waals surface area (Å²) in [6.45, 7) is 4.07. The van der Waals surface area contributed by atoms with Gasteiger partial charge in [-0.1, -0.05) is 28.9 Å². The predicted molar refractivity (Wildman–Crippen MR) is 75.8 cm³/mol. The molecule has 98 valence electrons. The highest BCUT2D eigenvalue weighted by Gasteiger charge is 2.38. The van der Waals surface area contributed by atoms with Gasteiger partial charge in [0.2, 0.25) is 0 Å². The van der Waals surface area contributed by atoms with Crippen LogP contribution in [0.1, 0.15) is 44.2 Å². The van der Waals surface area contributed by atoms with Crippen LogP contribution in [0.3, 0.4) is 0 Å². The lowest BCUT2D eigenvalue weighted by atomic mass is 9.72. The minimum Gasteiger partial charge on any atom is -0.481 e. The van der Waals surface area contributed by atoms with Gasteiger partial charge in [-0.25, -0.2) is 0 Å². The fraction of sp³-hybridized carbons (Fsp3) is 0.533. The van der Waals surface area contributed by atoms with Crippen molar-refractivity contribution in [3.05, 3.63) is 33.8 Å². The molecule has 0 aromatic heterocycles. The van der Waals surface area contributed by atoms with Crippen molar-refractivity contribution in [3.63, 3.8) is 0 Å². The van der Waals surface area contributed by atoms with Crippen LogP contribution in [0.15, 0.2) is 22.7 Å². The van der Waals surface area contributed by atoms with E-state index in [4.69, 9.17) is 0 Å². The molecular formula is C15H19BrO2. The van der Waals surface area contributed by atoms with Crippen LogP contribution in [-0.2, 0) is 16.6 Å². The Kier molecular flexibility index (Phi) is 3.81. The lowest BCUT2D eigenvalue weighted by molar-refractivity contribution is -0.143. The Morgan fingerprint density at radius 2 is 2.17 bits per heavy atom. The number of carbonyl (C=O) groups is 1. The Morgan fingerprint density at radius 3 is 2.83 bits per heavy atom. The van der Waals surface area contributed by atoms with E-state index < -0.39 is 11.4 Å². The number of halogens is 1. The van der Waals surface area contributed by atoms with Gasteiger partial charge in [-0.3, -0.25) is 4.79 Å². The van der Waals surface area contributed by atoms with Crippen LogP contribution < -0.4 is 0 Å². The second-order valence-electron chi connectivity index (χ2n) is 5.62. The molecule has 0 heterocycles. The van der Waals surface area contributed by atoms with Crippen molar-refractivity contribution >= 4 is 21.9 Å². The molecule has 0 spiro atoms. The monoisotopic (exact) mass is 310 g/mol. The smallest absolute Gasteiger partial charge is 0.313 e. The zero-order chi connectivity index (χ0) is 13.3. The molecule has 0 radical (unpaired) electrons. The zero-order valence-electron chi connectivity index (χ0n) is 10.9. The summed E-state index contributed by atoms with van der Waals surface area (Å²) in [7, 11) is 0. The zero-order valence-corrected chi connectivity index (χ0v) is 12.5. The minimum atomic E-state index is -0.756. The largest absolute Gasteiger partial charge is 0.481 e. The molecule has 0 saturated heterocycles. The van der Waals surface area contributed by atoms with Gasteiger partial charge in [0, 0.05) is 4.47 Å². The number of aliphatic carboxylic acids is 1. The molecule has 0 saturated carbocycles. The molecule has 0 aliphatic heterocycles.